The minimum absolute atomic E-state index is 0.324. The van der Waals surface area contributed by atoms with Gasteiger partial charge in [0.25, 0.3) is 10.1 Å². The van der Waals surface area contributed by atoms with Gasteiger partial charge in [-0.2, -0.15) is 8.42 Å². The average Bonchev–Trinajstić information content (AvgIpc) is 2.45. The second-order valence-corrected chi connectivity index (χ2v) is 10.5. The highest BCUT2D eigenvalue weighted by molar-refractivity contribution is 7.85. The Balaban J connectivity index is 3.58. The Morgan fingerprint density at radius 2 is 1.00 bits per heavy atom. The Kier molecular flexibility index (Phi) is 14.0. The molecule has 0 spiro atoms. The summed E-state index contributed by atoms with van der Waals surface area (Å²) in [4.78, 5) is 0. The number of rotatable bonds is 16. The Hall–Kier alpha value is -0.0900. The molecule has 0 radical (unpaired) electrons. The number of hydrogen-bond donors (Lipinski definition) is 0. The molecule has 0 aromatic rings. The molecule has 0 rings (SSSR count). The van der Waals surface area contributed by atoms with Crippen LogP contribution >= 0.6 is 0 Å². The highest BCUT2D eigenvalue weighted by Crippen LogP contribution is 2.22. The zero-order valence-electron chi connectivity index (χ0n) is 17.7. The molecule has 4 heteroatoms. The molecule has 0 aromatic carbocycles. The van der Waals surface area contributed by atoms with Crippen molar-refractivity contribution in [2.24, 2.45) is 23.7 Å². The molecule has 0 amide bonds. The summed E-state index contributed by atoms with van der Waals surface area (Å²) in [5.74, 6) is 3.06. The second kappa shape index (κ2) is 14.0. The van der Waals surface area contributed by atoms with Crippen molar-refractivity contribution in [1.29, 1.82) is 0 Å². The maximum absolute atomic E-state index is 10.9. The van der Waals surface area contributed by atoms with Crippen LogP contribution in [0, 0.1) is 23.7 Å². The SMILES string of the molecule is CC(C)CCC[C@H](C)CCC[C@H](C)CCCC(C)CCOS(C)(=O)=O. The summed E-state index contributed by atoms with van der Waals surface area (Å²) in [7, 11) is -3.28. The predicted octanol–water partition coefficient (Wildman–Crippen LogP) is 6.43. The van der Waals surface area contributed by atoms with Crippen molar-refractivity contribution < 1.29 is 12.6 Å². The van der Waals surface area contributed by atoms with Gasteiger partial charge in [0.1, 0.15) is 0 Å². The van der Waals surface area contributed by atoms with Crippen molar-refractivity contribution in [1.82, 2.24) is 0 Å². The molecule has 0 heterocycles. The molecule has 0 aliphatic rings. The summed E-state index contributed by atoms with van der Waals surface area (Å²) in [6, 6.07) is 0. The van der Waals surface area contributed by atoms with Crippen molar-refractivity contribution in [3.63, 3.8) is 0 Å². The lowest BCUT2D eigenvalue weighted by Gasteiger charge is -2.16. The predicted molar refractivity (Wildman–Crippen MR) is 109 cm³/mol. The fourth-order valence-electron chi connectivity index (χ4n) is 3.34. The van der Waals surface area contributed by atoms with E-state index in [1.54, 1.807) is 0 Å². The van der Waals surface area contributed by atoms with Crippen LogP contribution in [0.1, 0.15) is 98.8 Å². The van der Waals surface area contributed by atoms with Crippen LogP contribution in [0.2, 0.25) is 0 Å². The van der Waals surface area contributed by atoms with Gasteiger partial charge in [-0.3, -0.25) is 4.18 Å². The lowest BCUT2D eigenvalue weighted by atomic mass is 9.91. The Morgan fingerprint density at radius 3 is 1.36 bits per heavy atom. The van der Waals surface area contributed by atoms with Gasteiger partial charge in [0.2, 0.25) is 0 Å². The summed E-state index contributed by atoms with van der Waals surface area (Å²) in [6.45, 7) is 11.9. The third-order valence-electron chi connectivity index (χ3n) is 5.17. The average molecular weight is 377 g/mol. The van der Waals surface area contributed by atoms with E-state index < -0.39 is 10.1 Å². The lowest BCUT2D eigenvalue weighted by molar-refractivity contribution is 0.280. The van der Waals surface area contributed by atoms with Crippen LogP contribution in [0.3, 0.4) is 0 Å². The van der Waals surface area contributed by atoms with Gasteiger partial charge >= 0.3 is 0 Å². The van der Waals surface area contributed by atoms with Gasteiger partial charge in [0, 0.05) is 0 Å². The number of hydrogen-bond acceptors (Lipinski definition) is 3. The van der Waals surface area contributed by atoms with Crippen LogP contribution in [0.4, 0.5) is 0 Å². The molecule has 0 aliphatic heterocycles. The van der Waals surface area contributed by atoms with Crippen LogP contribution in [0.5, 0.6) is 0 Å². The first-order valence-electron chi connectivity index (χ1n) is 10.4. The normalized spacial score (nSPS) is 16.1. The molecule has 25 heavy (non-hydrogen) atoms. The third kappa shape index (κ3) is 18.5. The molecular formula is C21H44O3S. The molecule has 0 aliphatic carbocycles. The Morgan fingerprint density at radius 1 is 0.640 bits per heavy atom. The van der Waals surface area contributed by atoms with E-state index >= 15 is 0 Å². The van der Waals surface area contributed by atoms with Crippen LogP contribution in [-0.4, -0.2) is 21.3 Å². The summed E-state index contributed by atoms with van der Waals surface area (Å²) in [5, 5.41) is 0. The molecule has 152 valence electrons. The minimum atomic E-state index is -3.28. The smallest absolute Gasteiger partial charge is 0.264 e. The highest BCUT2D eigenvalue weighted by atomic mass is 32.2. The largest absolute Gasteiger partial charge is 0.270 e. The summed E-state index contributed by atoms with van der Waals surface area (Å²) in [6.07, 6.45) is 13.9. The fraction of sp³-hybridized carbons (Fsp3) is 1.00. The first kappa shape index (κ1) is 24.9. The van der Waals surface area contributed by atoms with Gasteiger partial charge in [-0.25, -0.2) is 0 Å². The van der Waals surface area contributed by atoms with Gasteiger partial charge in [0.05, 0.1) is 12.9 Å². The van der Waals surface area contributed by atoms with E-state index in [0.717, 1.165) is 30.4 Å². The van der Waals surface area contributed by atoms with E-state index in [2.05, 4.69) is 34.6 Å². The molecular weight excluding hydrogens is 332 g/mol. The quantitative estimate of drug-likeness (QED) is 0.292. The minimum Gasteiger partial charge on any atom is -0.270 e. The first-order chi connectivity index (χ1) is 11.6. The maximum Gasteiger partial charge on any atom is 0.264 e. The third-order valence-corrected chi connectivity index (χ3v) is 5.77. The standard InChI is InChI=1S/C21H44O3S/c1-18(2)10-7-11-19(3)12-8-13-20(4)14-9-15-21(5)16-17-24-25(6,22)23/h18-21H,7-17H2,1-6H3/t19-,20-,21?/m0/s1. The van der Waals surface area contributed by atoms with Crippen LogP contribution in [-0.2, 0) is 14.3 Å². The summed E-state index contributed by atoms with van der Waals surface area (Å²) in [5.41, 5.74) is 0. The van der Waals surface area contributed by atoms with Crippen molar-refractivity contribution in [2.45, 2.75) is 98.8 Å². The molecule has 0 bridgehead atoms. The van der Waals surface area contributed by atoms with Gasteiger partial charge in [0.15, 0.2) is 0 Å². The van der Waals surface area contributed by atoms with E-state index in [1.807, 2.05) is 0 Å². The van der Waals surface area contributed by atoms with Gasteiger partial charge < -0.3 is 0 Å². The summed E-state index contributed by atoms with van der Waals surface area (Å²) >= 11 is 0. The van der Waals surface area contributed by atoms with Crippen molar-refractivity contribution >= 4 is 10.1 Å². The molecule has 0 aromatic heterocycles. The topological polar surface area (TPSA) is 43.4 Å². The lowest BCUT2D eigenvalue weighted by Crippen LogP contribution is -2.08. The molecule has 0 saturated heterocycles. The van der Waals surface area contributed by atoms with E-state index in [0.29, 0.717) is 12.5 Å². The molecule has 0 N–H and O–H groups in total. The fourth-order valence-corrected chi connectivity index (χ4v) is 3.74. The van der Waals surface area contributed by atoms with Crippen molar-refractivity contribution in [3.05, 3.63) is 0 Å². The maximum atomic E-state index is 10.9. The zero-order chi connectivity index (χ0) is 19.3. The molecule has 1 unspecified atom stereocenters. The molecule has 0 fully saturated rings. The van der Waals surface area contributed by atoms with E-state index in [-0.39, 0.29) is 0 Å². The molecule has 3 nitrogen and oxygen atoms in total. The van der Waals surface area contributed by atoms with E-state index in [9.17, 15) is 8.42 Å². The Labute approximate surface area is 158 Å². The second-order valence-electron chi connectivity index (χ2n) is 8.82. The molecule has 3 atom stereocenters. The van der Waals surface area contributed by atoms with Gasteiger partial charge in [-0.05, 0) is 30.1 Å². The van der Waals surface area contributed by atoms with Gasteiger partial charge in [-0.1, -0.05) is 92.4 Å². The van der Waals surface area contributed by atoms with Gasteiger partial charge in [-0.15, -0.1) is 0 Å². The summed E-state index contributed by atoms with van der Waals surface area (Å²) < 4.78 is 26.7. The van der Waals surface area contributed by atoms with Crippen LogP contribution < -0.4 is 0 Å². The van der Waals surface area contributed by atoms with Crippen molar-refractivity contribution in [2.75, 3.05) is 12.9 Å². The van der Waals surface area contributed by atoms with E-state index in [4.69, 9.17) is 4.18 Å². The molecule has 0 saturated carbocycles. The highest BCUT2D eigenvalue weighted by Gasteiger charge is 2.09. The van der Waals surface area contributed by atoms with Crippen molar-refractivity contribution in [3.8, 4) is 0 Å². The van der Waals surface area contributed by atoms with Crippen LogP contribution in [0.25, 0.3) is 0 Å². The van der Waals surface area contributed by atoms with Crippen LogP contribution in [0.15, 0.2) is 0 Å². The Bertz CT molecular complexity index is 403. The van der Waals surface area contributed by atoms with E-state index in [1.165, 1.54) is 57.8 Å². The monoisotopic (exact) mass is 376 g/mol. The first-order valence-corrected chi connectivity index (χ1v) is 12.3. The zero-order valence-corrected chi connectivity index (χ0v) is 18.5.